The largest absolute Gasteiger partial charge is 0.303 e. The molecule has 0 fully saturated rings. The molecule has 4 heteroatoms. The predicted molar refractivity (Wildman–Crippen MR) is 46.7 cm³/mol. The molecule has 0 bridgehead atoms. The maximum atomic E-state index is 12.8. The van der Waals surface area contributed by atoms with Crippen molar-refractivity contribution in [3.05, 3.63) is 27.3 Å². The molecule has 0 atom stereocenters. The van der Waals surface area contributed by atoms with Gasteiger partial charge in [-0.05, 0) is 28.7 Å². The minimum atomic E-state index is -0.552. The Hall–Kier alpha value is -0.520. The van der Waals surface area contributed by atoms with E-state index in [1.165, 1.54) is 6.20 Å². The molecule has 1 aromatic rings. The highest BCUT2D eigenvalue weighted by Crippen LogP contribution is 2.13. The van der Waals surface area contributed by atoms with Gasteiger partial charge in [-0.2, -0.15) is 4.39 Å². The fourth-order valence-electron chi connectivity index (χ4n) is 0.710. The summed E-state index contributed by atoms with van der Waals surface area (Å²) in [5, 5.41) is 0. The van der Waals surface area contributed by atoms with Crippen LogP contribution >= 0.6 is 22.6 Å². The number of pyridine rings is 1. The molecule has 0 N–H and O–H groups in total. The minimum Gasteiger partial charge on any atom is -0.303 e. The Morgan fingerprint density at radius 3 is 3.00 bits per heavy atom. The van der Waals surface area contributed by atoms with E-state index in [-0.39, 0.29) is 6.42 Å². The molecule has 0 spiro atoms. The highest BCUT2D eigenvalue weighted by Gasteiger charge is 2.05. The zero-order valence-corrected chi connectivity index (χ0v) is 7.71. The summed E-state index contributed by atoms with van der Waals surface area (Å²) in [7, 11) is 0. The summed E-state index contributed by atoms with van der Waals surface area (Å²) < 4.78 is 13.5. The highest BCUT2D eigenvalue weighted by atomic mass is 127. The Morgan fingerprint density at radius 1 is 1.73 bits per heavy atom. The van der Waals surface area contributed by atoms with Crippen molar-refractivity contribution in [3.8, 4) is 0 Å². The normalized spacial score (nSPS) is 9.64. The molecule has 0 aromatic carbocycles. The number of halogens is 2. The molecule has 1 heterocycles. The van der Waals surface area contributed by atoms with Crippen LogP contribution in [0.5, 0.6) is 0 Å². The molecule has 58 valence electrons. The van der Waals surface area contributed by atoms with Crippen molar-refractivity contribution in [2.45, 2.75) is 6.42 Å². The lowest BCUT2D eigenvalue weighted by Gasteiger charge is -1.98. The third-order valence-corrected chi connectivity index (χ3v) is 2.24. The van der Waals surface area contributed by atoms with Crippen LogP contribution in [0.15, 0.2) is 12.3 Å². The second-order valence-electron chi connectivity index (χ2n) is 1.93. The van der Waals surface area contributed by atoms with E-state index in [1.54, 1.807) is 6.07 Å². The smallest absolute Gasteiger partial charge is 0.217 e. The number of nitrogens with zero attached hydrogens (tertiary/aromatic N) is 1. The SMILES string of the molecule is O=CCc1c(I)ccnc1F. The number of carbonyl (C=O) groups excluding carboxylic acids is 1. The van der Waals surface area contributed by atoms with Gasteiger partial charge in [0.1, 0.15) is 6.29 Å². The van der Waals surface area contributed by atoms with Crippen LogP contribution in [0.4, 0.5) is 4.39 Å². The third kappa shape index (κ3) is 1.95. The van der Waals surface area contributed by atoms with E-state index in [1.807, 2.05) is 22.6 Å². The zero-order chi connectivity index (χ0) is 8.27. The molecule has 0 aliphatic heterocycles. The highest BCUT2D eigenvalue weighted by molar-refractivity contribution is 14.1. The monoisotopic (exact) mass is 265 g/mol. The molecule has 0 saturated heterocycles. The molecule has 0 aliphatic carbocycles. The van der Waals surface area contributed by atoms with Crippen molar-refractivity contribution in [3.63, 3.8) is 0 Å². The van der Waals surface area contributed by atoms with Crippen LogP contribution in [-0.4, -0.2) is 11.3 Å². The summed E-state index contributed by atoms with van der Waals surface area (Å²) in [6.07, 6.45) is 2.14. The first kappa shape index (κ1) is 8.58. The second kappa shape index (κ2) is 3.75. The number of aromatic nitrogens is 1. The molecule has 2 nitrogen and oxygen atoms in total. The second-order valence-corrected chi connectivity index (χ2v) is 3.10. The van der Waals surface area contributed by atoms with E-state index in [0.29, 0.717) is 11.8 Å². The molecule has 0 aliphatic rings. The lowest BCUT2D eigenvalue weighted by Crippen LogP contribution is -1.97. The summed E-state index contributed by atoms with van der Waals surface area (Å²) in [6, 6.07) is 1.67. The van der Waals surface area contributed by atoms with Gasteiger partial charge >= 0.3 is 0 Å². The van der Waals surface area contributed by atoms with Gasteiger partial charge in [-0.15, -0.1) is 0 Å². The number of rotatable bonds is 2. The topological polar surface area (TPSA) is 30.0 Å². The standard InChI is InChI=1S/C7H5FINO/c8-7-5(2-4-11)6(9)1-3-10-7/h1,3-4H,2H2. The van der Waals surface area contributed by atoms with Gasteiger partial charge in [-0.25, -0.2) is 4.98 Å². The first-order chi connectivity index (χ1) is 5.25. The van der Waals surface area contributed by atoms with Crippen molar-refractivity contribution < 1.29 is 9.18 Å². The van der Waals surface area contributed by atoms with Crippen molar-refractivity contribution >= 4 is 28.9 Å². The number of carbonyl (C=O) groups is 1. The predicted octanol–water partition coefficient (Wildman–Crippen LogP) is 1.57. The fraction of sp³-hybridized carbons (Fsp3) is 0.143. The van der Waals surface area contributed by atoms with Crippen molar-refractivity contribution in [2.24, 2.45) is 0 Å². The quantitative estimate of drug-likeness (QED) is 0.461. The molecule has 1 aromatic heterocycles. The molecule has 0 saturated carbocycles. The van der Waals surface area contributed by atoms with Crippen LogP contribution in [0.25, 0.3) is 0 Å². The van der Waals surface area contributed by atoms with Crippen LogP contribution in [-0.2, 0) is 11.2 Å². The van der Waals surface area contributed by atoms with Crippen LogP contribution < -0.4 is 0 Å². The van der Waals surface area contributed by atoms with Gasteiger partial charge in [-0.1, -0.05) is 0 Å². The van der Waals surface area contributed by atoms with Gasteiger partial charge in [0.05, 0.1) is 0 Å². The number of hydrogen-bond acceptors (Lipinski definition) is 2. The van der Waals surface area contributed by atoms with Gasteiger partial charge in [-0.3, -0.25) is 0 Å². The lowest BCUT2D eigenvalue weighted by molar-refractivity contribution is -0.107. The summed E-state index contributed by atoms with van der Waals surface area (Å²) in [5.41, 5.74) is 0.378. The summed E-state index contributed by atoms with van der Waals surface area (Å²) in [5.74, 6) is -0.552. The van der Waals surface area contributed by atoms with Crippen molar-refractivity contribution in [2.75, 3.05) is 0 Å². The number of aldehydes is 1. The fourth-order valence-corrected chi connectivity index (χ4v) is 1.31. The van der Waals surface area contributed by atoms with E-state index >= 15 is 0 Å². The molecule has 0 amide bonds. The van der Waals surface area contributed by atoms with Crippen LogP contribution in [0, 0.1) is 9.52 Å². The Morgan fingerprint density at radius 2 is 2.45 bits per heavy atom. The Labute approximate surface area is 77.0 Å². The minimum absolute atomic E-state index is 0.0952. The molecule has 0 unspecified atom stereocenters. The van der Waals surface area contributed by atoms with Gasteiger partial charge in [0.25, 0.3) is 0 Å². The molecular weight excluding hydrogens is 260 g/mol. The average molecular weight is 265 g/mol. The Bertz CT molecular complexity index is 257. The van der Waals surface area contributed by atoms with Gasteiger partial charge < -0.3 is 4.79 Å². The third-order valence-electron chi connectivity index (χ3n) is 1.23. The summed E-state index contributed by atoms with van der Waals surface area (Å²) in [6.45, 7) is 0. The maximum absolute atomic E-state index is 12.8. The van der Waals surface area contributed by atoms with E-state index in [0.717, 1.165) is 3.57 Å². The van der Waals surface area contributed by atoms with Crippen LogP contribution in [0.1, 0.15) is 5.56 Å². The van der Waals surface area contributed by atoms with E-state index in [2.05, 4.69) is 4.98 Å². The van der Waals surface area contributed by atoms with Gasteiger partial charge in [0, 0.05) is 21.8 Å². The van der Waals surface area contributed by atoms with Crippen molar-refractivity contribution in [1.82, 2.24) is 4.98 Å². The summed E-state index contributed by atoms with van der Waals surface area (Å²) >= 11 is 1.97. The number of hydrogen-bond donors (Lipinski definition) is 0. The van der Waals surface area contributed by atoms with Gasteiger partial charge in [0.15, 0.2) is 0 Å². The average Bonchev–Trinajstić information content (AvgIpc) is 1.97. The van der Waals surface area contributed by atoms with Gasteiger partial charge in [0.2, 0.25) is 5.95 Å². The first-order valence-corrected chi connectivity index (χ1v) is 4.06. The van der Waals surface area contributed by atoms with E-state index in [9.17, 15) is 9.18 Å². The first-order valence-electron chi connectivity index (χ1n) is 2.98. The molecule has 11 heavy (non-hydrogen) atoms. The van der Waals surface area contributed by atoms with E-state index in [4.69, 9.17) is 0 Å². The summed E-state index contributed by atoms with van der Waals surface area (Å²) in [4.78, 5) is 13.5. The van der Waals surface area contributed by atoms with E-state index < -0.39 is 5.95 Å². The molecular formula is C7H5FINO. The van der Waals surface area contributed by atoms with Crippen LogP contribution in [0.3, 0.4) is 0 Å². The zero-order valence-electron chi connectivity index (χ0n) is 5.55. The Balaban J connectivity index is 3.09. The maximum Gasteiger partial charge on any atom is 0.217 e. The molecule has 1 rings (SSSR count). The van der Waals surface area contributed by atoms with Crippen LogP contribution in [0.2, 0.25) is 0 Å². The van der Waals surface area contributed by atoms with Crippen molar-refractivity contribution in [1.29, 1.82) is 0 Å². The Kier molecular flexibility index (Phi) is 2.92. The molecule has 0 radical (unpaired) electrons. The lowest BCUT2D eigenvalue weighted by atomic mass is 10.2.